The van der Waals surface area contributed by atoms with Gasteiger partial charge in [0.15, 0.2) is 0 Å². The lowest BCUT2D eigenvalue weighted by Crippen LogP contribution is -2.64. The number of carbonyl (C=O) groups excluding carboxylic acids is 3. The van der Waals surface area contributed by atoms with Crippen molar-refractivity contribution in [1.82, 2.24) is 10.6 Å². The van der Waals surface area contributed by atoms with Crippen molar-refractivity contribution in [2.24, 2.45) is 10.8 Å². The van der Waals surface area contributed by atoms with Crippen molar-refractivity contribution in [2.45, 2.75) is 65.8 Å². The van der Waals surface area contributed by atoms with Crippen LogP contribution in [0.2, 0.25) is 0 Å². The largest absolute Gasteiger partial charge is 0.510 e. The van der Waals surface area contributed by atoms with Crippen LogP contribution in [0.4, 0.5) is 4.79 Å². The summed E-state index contributed by atoms with van der Waals surface area (Å²) in [6.45, 7) is 10.5. The van der Waals surface area contributed by atoms with Crippen molar-refractivity contribution in [2.75, 3.05) is 27.4 Å². The van der Waals surface area contributed by atoms with Crippen LogP contribution in [-0.4, -0.2) is 56.6 Å². The molecule has 2 atom stereocenters. The Kier molecular flexibility index (Phi) is 11.3. The smallest absolute Gasteiger partial charge is 0.414 e. The summed E-state index contributed by atoms with van der Waals surface area (Å²) in [5, 5.41) is 5.72. The van der Waals surface area contributed by atoms with Gasteiger partial charge in [0.25, 0.3) is 11.8 Å². The SMILES string of the molecule is COCC(OC(=O)OC(COC)(C(=O)NCc1ccccc1)C(C)(C)C)(C(=O)NCc1ccccc1)C(C)(C)C. The predicted molar refractivity (Wildman–Crippen MR) is 152 cm³/mol. The number of hydrogen-bond donors (Lipinski definition) is 2. The Morgan fingerprint density at radius 2 is 0.925 bits per heavy atom. The molecule has 0 bridgehead atoms. The molecular weight excluding hydrogens is 512 g/mol. The molecule has 0 radical (unpaired) electrons. The zero-order valence-electron chi connectivity index (χ0n) is 25.0. The Morgan fingerprint density at radius 1 is 0.600 bits per heavy atom. The second-order valence-corrected chi connectivity index (χ2v) is 11.8. The molecule has 2 rings (SSSR count). The molecule has 0 aliphatic carbocycles. The van der Waals surface area contributed by atoms with Gasteiger partial charge in [-0.3, -0.25) is 9.59 Å². The van der Waals surface area contributed by atoms with Crippen molar-refractivity contribution in [1.29, 1.82) is 0 Å². The van der Waals surface area contributed by atoms with E-state index in [2.05, 4.69) is 10.6 Å². The molecule has 2 aromatic rings. The molecule has 9 heteroatoms. The summed E-state index contributed by atoms with van der Waals surface area (Å²) >= 11 is 0. The maximum absolute atomic E-state index is 13.7. The van der Waals surface area contributed by atoms with Crippen molar-refractivity contribution < 1.29 is 33.3 Å². The topological polar surface area (TPSA) is 112 Å². The van der Waals surface area contributed by atoms with Crippen LogP contribution in [0, 0.1) is 10.8 Å². The first-order chi connectivity index (χ1) is 18.7. The minimum atomic E-state index is -1.77. The molecule has 2 amide bonds. The third-order valence-corrected chi connectivity index (χ3v) is 6.96. The Hall–Kier alpha value is -3.43. The van der Waals surface area contributed by atoms with Crippen molar-refractivity contribution >= 4 is 18.0 Å². The molecule has 2 unspecified atom stereocenters. The highest BCUT2D eigenvalue weighted by Gasteiger charge is 2.57. The van der Waals surface area contributed by atoms with E-state index in [1.165, 1.54) is 14.2 Å². The first-order valence-corrected chi connectivity index (χ1v) is 13.3. The second kappa shape index (κ2) is 13.8. The fourth-order valence-corrected chi connectivity index (χ4v) is 4.26. The average molecular weight is 557 g/mol. The molecule has 0 saturated heterocycles. The Morgan fingerprint density at radius 3 is 1.20 bits per heavy atom. The maximum atomic E-state index is 13.7. The lowest BCUT2D eigenvalue weighted by Gasteiger charge is -2.44. The van der Waals surface area contributed by atoms with Crippen LogP contribution in [-0.2, 0) is 41.6 Å². The van der Waals surface area contributed by atoms with Crippen LogP contribution < -0.4 is 10.6 Å². The van der Waals surface area contributed by atoms with Crippen LogP contribution in [0.3, 0.4) is 0 Å². The van der Waals surface area contributed by atoms with E-state index in [1.54, 1.807) is 41.5 Å². The lowest BCUT2D eigenvalue weighted by atomic mass is 9.75. The number of methoxy groups -OCH3 is 2. The van der Waals surface area contributed by atoms with Gasteiger partial charge in [-0.1, -0.05) is 102 Å². The molecule has 40 heavy (non-hydrogen) atoms. The maximum Gasteiger partial charge on any atom is 0.510 e. The first kappa shape index (κ1) is 32.8. The Balaban J connectivity index is 2.37. The van der Waals surface area contributed by atoms with E-state index >= 15 is 0 Å². The fourth-order valence-electron chi connectivity index (χ4n) is 4.26. The monoisotopic (exact) mass is 556 g/mol. The summed E-state index contributed by atoms with van der Waals surface area (Å²) in [7, 11) is 2.84. The van der Waals surface area contributed by atoms with Gasteiger partial charge in [0, 0.05) is 38.1 Å². The van der Waals surface area contributed by atoms with Gasteiger partial charge in [0.05, 0.1) is 13.2 Å². The number of rotatable bonds is 12. The predicted octanol–water partition coefficient (Wildman–Crippen LogP) is 4.64. The van der Waals surface area contributed by atoms with Gasteiger partial charge in [-0.15, -0.1) is 0 Å². The summed E-state index contributed by atoms with van der Waals surface area (Å²) in [4.78, 5) is 40.9. The average Bonchev–Trinajstić information content (AvgIpc) is 2.89. The molecular formula is C31H44N2O7. The van der Waals surface area contributed by atoms with E-state index in [9.17, 15) is 14.4 Å². The van der Waals surface area contributed by atoms with Gasteiger partial charge in [-0.05, 0) is 11.1 Å². The molecule has 0 heterocycles. The van der Waals surface area contributed by atoms with Crippen LogP contribution >= 0.6 is 0 Å². The summed E-state index contributed by atoms with van der Waals surface area (Å²) in [5.41, 5.74) is -3.62. The fraction of sp³-hybridized carbons (Fsp3) is 0.516. The normalized spacial score (nSPS) is 14.8. The van der Waals surface area contributed by atoms with Gasteiger partial charge in [0.2, 0.25) is 11.2 Å². The van der Waals surface area contributed by atoms with Gasteiger partial charge in [0.1, 0.15) is 0 Å². The van der Waals surface area contributed by atoms with Gasteiger partial charge in [-0.25, -0.2) is 4.79 Å². The molecule has 0 aromatic heterocycles. The van der Waals surface area contributed by atoms with Gasteiger partial charge >= 0.3 is 6.16 Å². The van der Waals surface area contributed by atoms with E-state index in [1.807, 2.05) is 60.7 Å². The highest BCUT2D eigenvalue weighted by molar-refractivity contribution is 5.90. The summed E-state index contributed by atoms with van der Waals surface area (Å²) in [6.07, 6.45) is -1.19. The van der Waals surface area contributed by atoms with Crippen LogP contribution in [0.1, 0.15) is 52.7 Å². The van der Waals surface area contributed by atoms with Crippen LogP contribution in [0.25, 0.3) is 0 Å². The number of benzene rings is 2. The number of nitrogens with one attached hydrogen (secondary N) is 2. The standard InChI is InChI=1S/C31H44N2O7/c1-28(2,3)30(21-37-7,25(34)32-19-23-15-11-9-12-16-23)39-27(36)40-31(22-38-8,29(4,5)6)26(35)33-20-24-17-13-10-14-18-24/h9-18H,19-22H2,1-8H3,(H,32,34)(H,33,35). The van der Waals surface area contributed by atoms with Crippen molar-refractivity contribution in [3.63, 3.8) is 0 Å². The van der Waals surface area contributed by atoms with E-state index in [4.69, 9.17) is 18.9 Å². The number of ether oxygens (including phenoxy) is 4. The van der Waals surface area contributed by atoms with Gasteiger partial charge < -0.3 is 29.6 Å². The molecule has 0 spiro atoms. The number of amides is 2. The van der Waals surface area contributed by atoms with Crippen molar-refractivity contribution in [3.8, 4) is 0 Å². The van der Waals surface area contributed by atoms with Crippen LogP contribution in [0.5, 0.6) is 0 Å². The van der Waals surface area contributed by atoms with E-state index < -0.39 is 40.0 Å². The number of hydrogen-bond acceptors (Lipinski definition) is 7. The third kappa shape index (κ3) is 7.82. The van der Waals surface area contributed by atoms with Crippen molar-refractivity contribution in [3.05, 3.63) is 71.8 Å². The first-order valence-electron chi connectivity index (χ1n) is 13.3. The minimum absolute atomic E-state index is 0.219. The zero-order valence-corrected chi connectivity index (χ0v) is 25.0. The molecule has 220 valence electrons. The molecule has 0 aliphatic rings. The highest BCUT2D eigenvalue weighted by atomic mass is 16.8. The van der Waals surface area contributed by atoms with E-state index in [-0.39, 0.29) is 26.3 Å². The second-order valence-electron chi connectivity index (χ2n) is 11.8. The Labute approximate surface area is 237 Å². The minimum Gasteiger partial charge on any atom is -0.414 e. The molecule has 2 N–H and O–H groups in total. The zero-order chi connectivity index (χ0) is 30.0. The molecule has 0 saturated carbocycles. The molecule has 9 nitrogen and oxygen atoms in total. The van der Waals surface area contributed by atoms with E-state index in [0.717, 1.165) is 11.1 Å². The molecule has 0 aliphatic heterocycles. The quantitative estimate of drug-likeness (QED) is 0.367. The molecule has 2 aromatic carbocycles. The van der Waals surface area contributed by atoms with E-state index in [0.29, 0.717) is 0 Å². The van der Waals surface area contributed by atoms with Gasteiger partial charge in [-0.2, -0.15) is 0 Å². The van der Waals surface area contributed by atoms with Crippen LogP contribution in [0.15, 0.2) is 60.7 Å². The Bertz CT molecular complexity index is 1020. The lowest BCUT2D eigenvalue weighted by molar-refractivity contribution is -0.188. The summed E-state index contributed by atoms with van der Waals surface area (Å²) < 4.78 is 22.5. The highest BCUT2D eigenvalue weighted by Crippen LogP contribution is 2.39. The summed E-state index contributed by atoms with van der Waals surface area (Å²) in [5.74, 6) is -1.10. The number of carbonyl (C=O) groups is 3. The molecule has 0 fully saturated rings. The third-order valence-electron chi connectivity index (χ3n) is 6.96. The summed E-state index contributed by atoms with van der Waals surface area (Å²) in [6, 6.07) is 18.7.